The minimum absolute atomic E-state index is 0.0851. The molecule has 0 fully saturated rings. The highest BCUT2D eigenvalue weighted by Gasteiger charge is 2.25. The fraction of sp³-hybridized carbons (Fsp3) is 0.214. The Bertz CT molecular complexity index is 545. The van der Waals surface area contributed by atoms with E-state index in [-0.39, 0.29) is 5.75 Å². The average Bonchev–Trinajstić information content (AvgIpc) is 2.44. The second kappa shape index (κ2) is 7.68. The number of phenolic OH excluding ortho intramolecular Hbond substituents is 1. The van der Waals surface area contributed by atoms with Crippen LogP contribution in [0.3, 0.4) is 0 Å². The van der Waals surface area contributed by atoms with Gasteiger partial charge >= 0.3 is 17.9 Å². The number of methoxy groups -OCH3 is 1. The van der Waals surface area contributed by atoms with Crippen molar-refractivity contribution in [2.24, 2.45) is 0 Å². The molecule has 1 rings (SSSR count). The van der Waals surface area contributed by atoms with Crippen LogP contribution in [0.25, 0.3) is 6.08 Å². The summed E-state index contributed by atoms with van der Waals surface area (Å²) in [5.41, 5.74) is 0.623. The summed E-state index contributed by atoms with van der Waals surface area (Å²) in [4.78, 5) is 33.4. The summed E-state index contributed by atoms with van der Waals surface area (Å²) in [7, 11) is 1.07. The normalized spacial score (nSPS) is 11.9. The van der Waals surface area contributed by atoms with Crippen LogP contribution >= 0.6 is 0 Å². The van der Waals surface area contributed by atoms with E-state index >= 15 is 0 Å². The summed E-state index contributed by atoms with van der Waals surface area (Å²) in [6.45, 7) is 0. The Labute approximate surface area is 120 Å². The Hall–Kier alpha value is -2.83. The molecular formula is C14H14O7. The molecule has 0 spiro atoms. The largest absolute Gasteiger partial charge is 0.508 e. The molecule has 1 atom stereocenters. The summed E-state index contributed by atoms with van der Waals surface area (Å²) < 4.78 is 9.09. The maximum absolute atomic E-state index is 11.5. The van der Waals surface area contributed by atoms with Crippen LogP contribution in [0.1, 0.15) is 12.0 Å². The molecule has 0 saturated heterocycles. The second-order valence-corrected chi connectivity index (χ2v) is 3.97. The van der Waals surface area contributed by atoms with Crippen molar-refractivity contribution in [3.8, 4) is 5.75 Å². The van der Waals surface area contributed by atoms with E-state index in [2.05, 4.69) is 4.74 Å². The standard InChI is InChI=1S/C14H14O7/c1-20-14(19)11(8-12(16)17)21-13(18)7-4-9-2-5-10(15)6-3-9/h2-7,11,15H,8H2,1H3,(H,16,17)/b7-4+. The second-order valence-electron chi connectivity index (χ2n) is 3.97. The minimum atomic E-state index is -1.50. The number of esters is 2. The van der Waals surface area contributed by atoms with Crippen LogP contribution in [0.4, 0.5) is 0 Å². The Balaban J connectivity index is 2.66. The molecule has 0 bridgehead atoms. The van der Waals surface area contributed by atoms with Crippen molar-refractivity contribution in [1.82, 2.24) is 0 Å². The first-order valence-corrected chi connectivity index (χ1v) is 5.89. The third-order valence-electron chi connectivity index (χ3n) is 2.39. The molecule has 1 unspecified atom stereocenters. The summed E-state index contributed by atoms with van der Waals surface area (Å²) in [5.74, 6) is -3.02. The van der Waals surface area contributed by atoms with E-state index in [1.807, 2.05) is 0 Å². The van der Waals surface area contributed by atoms with Gasteiger partial charge in [0.25, 0.3) is 0 Å². The zero-order valence-corrected chi connectivity index (χ0v) is 11.2. The molecule has 0 amide bonds. The molecule has 1 aromatic carbocycles. The van der Waals surface area contributed by atoms with Gasteiger partial charge in [-0.15, -0.1) is 0 Å². The zero-order valence-electron chi connectivity index (χ0n) is 11.2. The number of aliphatic carboxylic acids is 1. The number of aromatic hydroxyl groups is 1. The molecule has 7 heteroatoms. The monoisotopic (exact) mass is 294 g/mol. The van der Waals surface area contributed by atoms with Gasteiger partial charge < -0.3 is 19.7 Å². The number of ether oxygens (including phenoxy) is 2. The molecule has 0 radical (unpaired) electrons. The van der Waals surface area contributed by atoms with Crippen molar-refractivity contribution >= 4 is 24.0 Å². The lowest BCUT2D eigenvalue weighted by molar-refractivity contribution is -0.166. The highest BCUT2D eigenvalue weighted by molar-refractivity contribution is 5.90. The summed E-state index contributed by atoms with van der Waals surface area (Å²) in [6.07, 6.45) is 0.274. The number of hydrogen-bond donors (Lipinski definition) is 2. The van der Waals surface area contributed by atoms with Crippen molar-refractivity contribution < 1.29 is 34.1 Å². The first kappa shape index (κ1) is 16.2. The number of carbonyl (C=O) groups excluding carboxylic acids is 2. The summed E-state index contributed by atoms with van der Waals surface area (Å²) in [5, 5.41) is 17.7. The topological polar surface area (TPSA) is 110 Å². The predicted molar refractivity (Wildman–Crippen MR) is 71.3 cm³/mol. The average molecular weight is 294 g/mol. The van der Waals surface area contributed by atoms with Crippen LogP contribution < -0.4 is 0 Å². The lowest BCUT2D eigenvalue weighted by atomic mass is 10.2. The van der Waals surface area contributed by atoms with Crippen molar-refractivity contribution in [1.29, 1.82) is 0 Å². The van der Waals surface area contributed by atoms with E-state index in [4.69, 9.17) is 14.9 Å². The number of hydrogen-bond acceptors (Lipinski definition) is 6. The molecule has 0 aliphatic carbocycles. The van der Waals surface area contributed by atoms with Gasteiger partial charge in [-0.1, -0.05) is 12.1 Å². The van der Waals surface area contributed by atoms with E-state index in [0.29, 0.717) is 5.56 Å². The van der Waals surface area contributed by atoms with Gasteiger partial charge in [0, 0.05) is 6.08 Å². The quantitative estimate of drug-likeness (QED) is 0.594. The fourth-order valence-corrected chi connectivity index (χ4v) is 1.39. The van der Waals surface area contributed by atoms with E-state index in [1.165, 1.54) is 18.2 Å². The van der Waals surface area contributed by atoms with Crippen molar-refractivity contribution in [2.45, 2.75) is 12.5 Å². The summed E-state index contributed by atoms with van der Waals surface area (Å²) in [6, 6.07) is 6.00. The first-order chi connectivity index (χ1) is 9.92. The molecule has 112 valence electrons. The van der Waals surface area contributed by atoms with Gasteiger partial charge in [-0.05, 0) is 23.8 Å². The number of phenols is 1. The molecule has 1 aromatic rings. The van der Waals surface area contributed by atoms with Crippen molar-refractivity contribution in [3.63, 3.8) is 0 Å². The van der Waals surface area contributed by atoms with Crippen molar-refractivity contribution in [2.75, 3.05) is 7.11 Å². The lowest BCUT2D eigenvalue weighted by Gasteiger charge is -2.12. The number of carboxylic acids is 1. The van der Waals surface area contributed by atoms with E-state index in [1.54, 1.807) is 12.1 Å². The van der Waals surface area contributed by atoms with Crippen LogP contribution in [-0.2, 0) is 23.9 Å². The Morgan fingerprint density at radius 2 is 1.86 bits per heavy atom. The van der Waals surface area contributed by atoms with Gasteiger partial charge in [-0.3, -0.25) is 4.79 Å². The first-order valence-electron chi connectivity index (χ1n) is 5.89. The van der Waals surface area contributed by atoms with Gasteiger partial charge in [0.2, 0.25) is 6.10 Å². The van der Waals surface area contributed by atoms with Crippen LogP contribution in [0.2, 0.25) is 0 Å². The minimum Gasteiger partial charge on any atom is -0.508 e. The Morgan fingerprint density at radius 1 is 1.24 bits per heavy atom. The fourth-order valence-electron chi connectivity index (χ4n) is 1.39. The van der Waals surface area contributed by atoms with Crippen LogP contribution in [0, 0.1) is 0 Å². The molecule has 0 saturated carbocycles. The number of carboxylic acid groups (broad SMARTS) is 1. The Morgan fingerprint density at radius 3 is 2.38 bits per heavy atom. The number of rotatable bonds is 6. The van der Waals surface area contributed by atoms with Crippen LogP contribution in [-0.4, -0.2) is 41.3 Å². The maximum Gasteiger partial charge on any atom is 0.347 e. The zero-order chi connectivity index (χ0) is 15.8. The molecule has 0 aliphatic rings. The molecular weight excluding hydrogens is 280 g/mol. The van der Waals surface area contributed by atoms with Gasteiger partial charge in [-0.2, -0.15) is 0 Å². The molecule has 0 heterocycles. The molecule has 2 N–H and O–H groups in total. The summed E-state index contributed by atoms with van der Waals surface area (Å²) >= 11 is 0. The SMILES string of the molecule is COC(=O)C(CC(=O)O)OC(=O)/C=C/c1ccc(O)cc1. The van der Waals surface area contributed by atoms with Crippen molar-refractivity contribution in [3.05, 3.63) is 35.9 Å². The van der Waals surface area contributed by atoms with E-state index in [9.17, 15) is 14.4 Å². The highest BCUT2D eigenvalue weighted by Crippen LogP contribution is 2.11. The highest BCUT2D eigenvalue weighted by atomic mass is 16.6. The third kappa shape index (κ3) is 5.77. The van der Waals surface area contributed by atoms with Gasteiger partial charge in [-0.25, -0.2) is 9.59 Å². The van der Waals surface area contributed by atoms with Crippen LogP contribution in [0.15, 0.2) is 30.3 Å². The van der Waals surface area contributed by atoms with E-state index in [0.717, 1.165) is 13.2 Å². The molecule has 21 heavy (non-hydrogen) atoms. The third-order valence-corrected chi connectivity index (χ3v) is 2.39. The van der Waals surface area contributed by atoms with Crippen LogP contribution in [0.5, 0.6) is 5.75 Å². The maximum atomic E-state index is 11.5. The Kier molecular flexibility index (Phi) is 5.94. The number of benzene rings is 1. The smallest absolute Gasteiger partial charge is 0.347 e. The number of carbonyl (C=O) groups is 3. The molecule has 0 aliphatic heterocycles. The predicted octanol–water partition coefficient (Wildman–Crippen LogP) is 0.965. The molecule has 7 nitrogen and oxygen atoms in total. The van der Waals surface area contributed by atoms with E-state index < -0.39 is 30.4 Å². The molecule has 0 aromatic heterocycles. The lowest BCUT2D eigenvalue weighted by Crippen LogP contribution is -2.30. The van der Waals surface area contributed by atoms with Gasteiger partial charge in [0.05, 0.1) is 13.5 Å². The van der Waals surface area contributed by atoms with Gasteiger partial charge in [0.1, 0.15) is 5.75 Å². The van der Waals surface area contributed by atoms with Gasteiger partial charge in [0.15, 0.2) is 0 Å².